The third-order valence-electron chi connectivity index (χ3n) is 1.85. The Morgan fingerprint density at radius 2 is 1.88 bits per heavy atom. The molecule has 0 unspecified atom stereocenters. The lowest BCUT2D eigenvalue weighted by Gasteiger charge is -2.21. The molecule has 0 saturated heterocycles. The molecule has 0 fully saturated rings. The molecule has 0 heterocycles. The zero-order valence-corrected chi connectivity index (χ0v) is 11.3. The standard InChI is InChI=1S/C12H23NO4/c1-6-16-10(14)8-7-9(2)13-11(15)17-12(3,4)5/h9H,6-8H2,1-5H3,(H,13,15)/t9-/m0/s1. The number of ether oxygens (including phenoxy) is 2. The van der Waals surface area contributed by atoms with Crippen LogP contribution in [0, 0.1) is 0 Å². The molecule has 0 aromatic carbocycles. The van der Waals surface area contributed by atoms with Crippen molar-refractivity contribution in [2.24, 2.45) is 0 Å². The summed E-state index contributed by atoms with van der Waals surface area (Å²) in [5, 5.41) is 2.66. The number of carbonyl (C=O) groups is 2. The van der Waals surface area contributed by atoms with Gasteiger partial charge in [-0.25, -0.2) is 4.79 Å². The largest absolute Gasteiger partial charge is 0.466 e. The maximum absolute atomic E-state index is 11.4. The second kappa shape index (κ2) is 7.14. The predicted octanol–water partition coefficient (Wildman–Crippen LogP) is 2.24. The van der Waals surface area contributed by atoms with Gasteiger partial charge in [-0.15, -0.1) is 0 Å². The number of hydrogen-bond donors (Lipinski definition) is 1. The Balaban J connectivity index is 3.82. The van der Waals surface area contributed by atoms with Crippen LogP contribution in [-0.4, -0.2) is 30.3 Å². The molecular formula is C12H23NO4. The summed E-state index contributed by atoms with van der Waals surface area (Å²) in [7, 11) is 0. The highest BCUT2D eigenvalue weighted by atomic mass is 16.6. The van der Waals surface area contributed by atoms with Crippen molar-refractivity contribution in [3.63, 3.8) is 0 Å². The van der Waals surface area contributed by atoms with Gasteiger partial charge < -0.3 is 14.8 Å². The van der Waals surface area contributed by atoms with E-state index in [1.54, 1.807) is 27.7 Å². The molecule has 1 amide bonds. The summed E-state index contributed by atoms with van der Waals surface area (Å²) < 4.78 is 9.89. The molecule has 5 nitrogen and oxygen atoms in total. The minimum absolute atomic E-state index is 0.116. The molecule has 0 spiro atoms. The van der Waals surface area contributed by atoms with Crippen LogP contribution in [0.4, 0.5) is 4.79 Å². The Kier molecular flexibility index (Phi) is 6.61. The molecule has 0 aromatic heterocycles. The van der Waals surface area contributed by atoms with Crippen LogP contribution in [0.3, 0.4) is 0 Å². The normalized spacial score (nSPS) is 12.8. The highest BCUT2D eigenvalue weighted by Gasteiger charge is 2.18. The van der Waals surface area contributed by atoms with Crippen LogP contribution in [0.15, 0.2) is 0 Å². The van der Waals surface area contributed by atoms with Crippen molar-refractivity contribution in [3.8, 4) is 0 Å². The van der Waals surface area contributed by atoms with Crippen molar-refractivity contribution in [2.45, 2.75) is 59.1 Å². The summed E-state index contributed by atoms with van der Waals surface area (Å²) in [6.45, 7) is 9.37. The number of amides is 1. The zero-order valence-electron chi connectivity index (χ0n) is 11.3. The molecule has 17 heavy (non-hydrogen) atoms. The van der Waals surface area contributed by atoms with E-state index in [1.807, 2.05) is 6.92 Å². The Labute approximate surface area is 103 Å². The smallest absolute Gasteiger partial charge is 0.407 e. The monoisotopic (exact) mass is 245 g/mol. The molecule has 1 atom stereocenters. The number of hydrogen-bond acceptors (Lipinski definition) is 4. The van der Waals surface area contributed by atoms with E-state index in [1.165, 1.54) is 0 Å². The first-order chi connectivity index (χ1) is 7.74. The maximum atomic E-state index is 11.4. The molecule has 5 heteroatoms. The number of nitrogens with one attached hydrogen (secondary N) is 1. The van der Waals surface area contributed by atoms with Gasteiger partial charge in [-0.2, -0.15) is 0 Å². The molecule has 0 radical (unpaired) electrons. The van der Waals surface area contributed by atoms with Crippen LogP contribution in [-0.2, 0) is 14.3 Å². The van der Waals surface area contributed by atoms with Gasteiger partial charge in [0.15, 0.2) is 0 Å². The van der Waals surface area contributed by atoms with E-state index in [9.17, 15) is 9.59 Å². The molecule has 0 aliphatic carbocycles. The van der Waals surface area contributed by atoms with Gasteiger partial charge in [0.05, 0.1) is 6.61 Å². The fourth-order valence-corrected chi connectivity index (χ4v) is 1.15. The van der Waals surface area contributed by atoms with Crippen molar-refractivity contribution in [1.82, 2.24) is 5.32 Å². The van der Waals surface area contributed by atoms with Gasteiger partial charge in [-0.05, 0) is 41.0 Å². The third-order valence-corrected chi connectivity index (χ3v) is 1.85. The molecule has 1 N–H and O–H groups in total. The highest BCUT2D eigenvalue weighted by molar-refractivity contribution is 5.70. The van der Waals surface area contributed by atoms with E-state index < -0.39 is 11.7 Å². The highest BCUT2D eigenvalue weighted by Crippen LogP contribution is 2.07. The fourth-order valence-electron chi connectivity index (χ4n) is 1.15. The first-order valence-electron chi connectivity index (χ1n) is 5.89. The van der Waals surface area contributed by atoms with Gasteiger partial charge in [0.25, 0.3) is 0 Å². The van der Waals surface area contributed by atoms with Crippen LogP contribution in [0.5, 0.6) is 0 Å². The van der Waals surface area contributed by atoms with E-state index in [4.69, 9.17) is 9.47 Å². The number of esters is 1. The molecule has 0 aliphatic heterocycles. The molecular weight excluding hydrogens is 222 g/mol. The average molecular weight is 245 g/mol. The molecule has 0 aliphatic rings. The Hall–Kier alpha value is -1.26. The summed E-state index contributed by atoms with van der Waals surface area (Å²) >= 11 is 0. The lowest BCUT2D eigenvalue weighted by molar-refractivity contribution is -0.143. The first kappa shape index (κ1) is 15.7. The van der Waals surface area contributed by atoms with Gasteiger partial charge in [0.2, 0.25) is 0 Å². The summed E-state index contributed by atoms with van der Waals surface area (Å²) in [5.74, 6) is -0.245. The van der Waals surface area contributed by atoms with Gasteiger partial charge in [-0.3, -0.25) is 4.79 Å². The molecule has 0 aromatic rings. The quantitative estimate of drug-likeness (QED) is 0.754. The van der Waals surface area contributed by atoms with E-state index >= 15 is 0 Å². The van der Waals surface area contributed by atoms with Crippen LogP contribution < -0.4 is 5.32 Å². The van der Waals surface area contributed by atoms with Crippen molar-refractivity contribution >= 4 is 12.1 Å². The lowest BCUT2D eigenvalue weighted by Crippen LogP contribution is -2.37. The van der Waals surface area contributed by atoms with Gasteiger partial charge in [0.1, 0.15) is 5.60 Å². The topological polar surface area (TPSA) is 64.6 Å². The Bertz CT molecular complexity index is 258. The molecule has 0 saturated carbocycles. The average Bonchev–Trinajstić information content (AvgIpc) is 2.12. The van der Waals surface area contributed by atoms with Gasteiger partial charge >= 0.3 is 12.1 Å². The van der Waals surface area contributed by atoms with E-state index in [2.05, 4.69) is 5.32 Å². The van der Waals surface area contributed by atoms with Crippen molar-refractivity contribution < 1.29 is 19.1 Å². The van der Waals surface area contributed by atoms with Gasteiger partial charge in [-0.1, -0.05) is 0 Å². The SMILES string of the molecule is CCOC(=O)CC[C@H](C)NC(=O)OC(C)(C)C. The summed E-state index contributed by atoms with van der Waals surface area (Å²) in [5.41, 5.74) is -0.509. The van der Waals surface area contributed by atoms with Crippen LogP contribution in [0.2, 0.25) is 0 Å². The summed E-state index contributed by atoms with van der Waals surface area (Å²) in [6.07, 6.45) is 0.372. The zero-order chi connectivity index (χ0) is 13.5. The molecule has 100 valence electrons. The maximum Gasteiger partial charge on any atom is 0.407 e. The fraction of sp³-hybridized carbons (Fsp3) is 0.833. The van der Waals surface area contributed by atoms with Crippen molar-refractivity contribution in [2.75, 3.05) is 6.61 Å². The van der Waals surface area contributed by atoms with Crippen LogP contribution in [0.25, 0.3) is 0 Å². The van der Waals surface area contributed by atoms with E-state index in [-0.39, 0.29) is 12.0 Å². The van der Waals surface area contributed by atoms with Crippen molar-refractivity contribution in [1.29, 1.82) is 0 Å². The number of alkyl carbamates (subject to hydrolysis) is 1. The minimum atomic E-state index is -0.509. The van der Waals surface area contributed by atoms with Gasteiger partial charge in [0, 0.05) is 12.5 Å². The first-order valence-corrected chi connectivity index (χ1v) is 5.89. The summed E-state index contributed by atoms with van der Waals surface area (Å²) in [6, 6.07) is -0.116. The van der Waals surface area contributed by atoms with E-state index in [0.29, 0.717) is 19.4 Å². The minimum Gasteiger partial charge on any atom is -0.466 e. The second-order valence-corrected chi connectivity index (χ2v) is 4.89. The number of rotatable bonds is 5. The third kappa shape index (κ3) is 9.66. The molecule has 0 rings (SSSR count). The number of carbonyl (C=O) groups excluding carboxylic acids is 2. The lowest BCUT2D eigenvalue weighted by atomic mass is 10.2. The van der Waals surface area contributed by atoms with Crippen LogP contribution in [0.1, 0.15) is 47.5 Å². The van der Waals surface area contributed by atoms with Crippen molar-refractivity contribution in [3.05, 3.63) is 0 Å². The second-order valence-electron chi connectivity index (χ2n) is 4.89. The molecule has 0 bridgehead atoms. The Morgan fingerprint density at radius 1 is 1.29 bits per heavy atom. The van der Waals surface area contributed by atoms with E-state index in [0.717, 1.165) is 0 Å². The Morgan fingerprint density at radius 3 is 2.35 bits per heavy atom. The van der Waals surface area contributed by atoms with Crippen LogP contribution >= 0.6 is 0 Å². The predicted molar refractivity (Wildman–Crippen MR) is 64.7 cm³/mol. The summed E-state index contributed by atoms with van der Waals surface area (Å²) in [4.78, 5) is 22.5.